The van der Waals surface area contributed by atoms with Gasteiger partial charge in [-0.2, -0.15) is 0 Å². The van der Waals surface area contributed by atoms with E-state index in [1.807, 2.05) is 30.3 Å². The third-order valence-electron chi connectivity index (χ3n) is 5.52. The van der Waals surface area contributed by atoms with E-state index in [0.29, 0.717) is 6.42 Å². The molecule has 0 radical (unpaired) electrons. The lowest BCUT2D eigenvalue weighted by Crippen LogP contribution is -2.25. The van der Waals surface area contributed by atoms with Crippen LogP contribution in [0.4, 0.5) is 0 Å². The zero-order valence-electron chi connectivity index (χ0n) is 15.5. The van der Waals surface area contributed by atoms with Crippen molar-refractivity contribution in [1.82, 2.24) is 4.98 Å². The van der Waals surface area contributed by atoms with Crippen molar-refractivity contribution in [3.63, 3.8) is 0 Å². The molecule has 0 bridgehead atoms. The number of hydrogen-bond acceptors (Lipinski definition) is 4. The van der Waals surface area contributed by atoms with Crippen LogP contribution in [-0.4, -0.2) is 18.1 Å². The van der Waals surface area contributed by atoms with E-state index in [2.05, 4.69) is 42.5 Å². The summed E-state index contributed by atoms with van der Waals surface area (Å²) in [6, 6.07) is 24.8. The van der Waals surface area contributed by atoms with E-state index in [0.717, 1.165) is 15.2 Å². The van der Waals surface area contributed by atoms with Gasteiger partial charge in [0.15, 0.2) is 0 Å². The Labute approximate surface area is 167 Å². The van der Waals surface area contributed by atoms with Gasteiger partial charge < -0.3 is 4.74 Å². The van der Waals surface area contributed by atoms with Crippen molar-refractivity contribution in [2.24, 2.45) is 5.92 Å². The minimum Gasteiger partial charge on any atom is -0.469 e. The predicted octanol–water partition coefficient (Wildman–Crippen LogP) is 5.44. The lowest BCUT2D eigenvalue weighted by molar-refractivity contribution is -0.145. The van der Waals surface area contributed by atoms with Crippen LogP contribution in [0.1, 0.15) is 22.1 Å². The Bertz CT molecular complexity index is 1100. The van der Waals surface area contributed by atoms with Gasteiger partial charge in [0.25, 0.3) is 0 Å². The summed E-state index contributed by atoms with van der Waals surface area (Å²) < 4.78 is 6.39. The summed E-state index contributed by atoms with van der Waals surface area (Å²) in [5, 5.41) is 0.971. The molecule has 4 aromatic rings. The Balaban J connectivity index is 1.61. The molecule has 0 saturated carbocycles. The molecule has 1 heterocycles. The highest BCUT2D eigenvalue weighted by Crippen LogP contribution is 2.49. The number of fused-ring (bicyclic) bond motifs is 4. The number of carbonyl (C=O) groups is 1. The average Bonchev–Trinajstić information content (AvgIpc) is 3.30. The molecule has 1 aliphatic carbocycles. The zero-order valence-corrected chi connectivity index (χ0v) is 16.3. The van der Waals surface area contributed by atoms with E-state index in [1.54, 1.807) is 11.3 Å². The van der Waals surface area contributed by atoms with E-state index in [-0.39, 0.29) is 17.8 Å². The van der Waals surface area contributed by atoms with Crippen LogP contribution in [0.25, 0.3) is 21.3 Å². The number of carbonyl (C=O) groups excluding carboxylic acids is 1. The predicted molar refractivity (Wildman–Crippen MR) is 113 cm³/mol. The van der Waals surface area contributed by atoms with E-state index in [9.17, 15) is 4.79 Å². The van der Waals surface area contributed by atoms with E-state index >= 15 is 0 Å². The molecule has 0 spiro atoms. The number of rotatable bonds is 4. The van der Waals surface area contributed by atoms with Crippen molar-refractivity contribution >= 4 is 27.5 Å². The van der Waals surface area contributed by atoms with Gasteiger partial charge in [0.05, 0.1) is 28.3 Å². The first-order valence-corrected chi connectivity index (χ1v) is 10.2. The minimum atomic E-state index is -0.310. The number of nitrogens with zero attached hydrogens (tertiary/aromatic N) is 1. The first-order chi connectivity index (χ1) is 13.8. The van der Waals surface area contributed by atoms with Crippen LogP contribution in [0, 0.1) is 5.92 Å². The Morgan fingerprint density at radius 1 is 0.964 bits per heavy atom. The summed E-state index contributed by atoms with van der Waals surface area (Å²) in [7, 11) is 1.47. The van der Waals surface area contributed by atoms with Gasteiger partial charge in [-0.15, -0.1) is 11.3 Å². The number of esters is 1. The normalized spacial score (nSPS) is 13.9. The van der Waals surface area contributed by atoms with Crippen molar-refractivity contribution < 1.29 is 9.53 Å². The molecule has 28 heavy (non-hydrogen) atoms. The van der Waals surface area contributed by atoms with Gasteiger partial charge in [-0.1, -0.05) is 60.7 Å². The first kappa shape index (κ1) is 17.1. The third-order valence-corrected chi connectivity index (χ3v) is 6.58. The molecule has 3 aromatic carbocycles. The molecule has 4 heteroatoms. The maximum absolute atomic E-state index is 12.9. The van der Waals surface area contributed by atoms with Crippen LogP contribution >= 0.6 is 11.3 Å². The quantitative estimate of drug-likeness (QED) is 0.439. The topological polar surface area (TPSA) is 39.2 Å². The molecule has 1 atom stereocenters. The first-order valence-electron chi connectivity index (χ1n) is 9.37. The number of methoxy groups -OCH3 is 1. The molecule has 1 aliphatic rings. The molecule has 0 N–H and O–H groups in total. The van der Waals surface area contributed by atoms with Crippen LogP contribution < -0.4 is 0 Å². The second kappa shape index (κ2) is 6.88. The fourth-order valence-corrected chi connectivity index (χ4v) is 5.34. The molecule has 0 fully saturated rings. The highest BCUT2D eigenvalue weighted by molar-refractivity contribution is 7.18. The van der Waals surface area contributed by atoms with Crippen LogP contribution in [0.3, 0.4) is 0 Å². The Morgan fingerprint density at radius 3 is 2.21 bits per heavy atom. The van der Waals surface area contributed by atoms with Crippen molar-refractivity contribution in [3.05, 3.63) is 88.9 Å². The van der Waals surface area contributed by atoms with E-state index in [4.69, 9.17) is 9.72 Å². The Kier molecular flexibility index (Phi) is 4.21. The number of thiazole rings is 1. The van der Waals surface area contributed by atoms with Crippen molar-refractivity contribution in [2.45, 2.75) is 12.3 Å². The van der Waals surface area contributed by atoms with Crippen LogP contribution in [0.15, 0.2) is 72.8 Å². The van der Waals surface area contributed by atoms with Gasteiger partial charge in [0.1, 0.15) is 0 Å². The number of hydrogen-bond donors (Lipinski definition) is 0. The molecule has 0 aliphatic heterocycles. The van der Waals surface area contributed by atoms with Gasteiger partial charge in [-0.05, 0) is 34.4 Å². The lowest BCUT2D eigenvalue weighted by Gasteiger charge is -2.22. The molecule has 0 amide bonds. The highest BCUT2D eigenvalue weighted by atomic mass is 32.1. The molecule has 138 valence electrons. The van der Waals surface area contributed by atoms with Crippen LogP contribution in [0.2, 0.25) is 0 Å². The van der Waals surface area contributed by atoms with Gasteiger partial charge in [0, 0.05) is 12.3 Å². The number of para-hydroxylation sites is 1. The standard InChI is InChI=1S/C24H19NO2S/c1-27-24(26)19(14-22-25-20-12-6-7-13-21(20)28-22)23-17-10-4-2-8-15(17)16-9-3-5-11-18(16)23/h2-13,19,23H,14H2,1H3/t19-/m0/s1. The average molecular weight is 385 g/mol. The molecule has 1 aromatic heterocycles. The summed E-state index contributed by atoms with van der Waals surface area (Å²) in [5.74, 6) is -0.516. The molecule has 0 saturated heterocycles. The number of aromatic nitrogens is 1. The monoisotopic (exact) mass is 385 g/mol. The summed E-state index contributed by atoms with van der Waals surface area (Å²) in [6.45, 7) is 0. The van der Waals surface area contributed by atoms with Crippen molar-refractivity contribution in [3.8, 4) is 11.1 Å². The molecule has 5 rings (SSSR count). The summed E-state index contributed by atoms with van der Waals surface area (Å²) in [4.78, 5) is 17.7. The smallest absolute Gasteiger partial charge is 0.310 e. The van der Waals surface area contributed by atoms with Crippen LogP contribution in [-0.2, 0) is 16.0 Å². The fraction of sp³-hybridized carbons (Fsp3) is 0.167. The largest absolute Gasteiger partial charge is 0.469 e. The number of benzene rings is 3. The molecule has 3 nitrogen and oxygen atoms in total. The molecule has 0 unspecified atom stereocenters. The maximum atomic E-state index is 12.9. The molecular weight excluding hydrogens is 366 g/mol. The van der Waals surface area contributed by atoms with E-state index < -0.39 is 0 Å². The maximum Gasteiger partial charge on any atom is 0.310 e. The van der Waals surface area contributed by atoms with Gasteiger partial charge in [-0.3, -0.25) is 4.79 Å². The summed E-state index contributed by atoms with van der Waals surface area (Å²) in [5.41, 5.74) is 5.79. The van der Waals surface area contributed by atoms with Gasteiger partial charge >= 0.3 is 5.97 Å². The Hall–Kier alpha value is -2.98. The van der Waals surface area contributed by atoms with Crippen LogP contribution in [0.5, 0.6) is 0 Å². The molecular formula is C24H19NO2S. The SMILES string of the molecule is COC(=O)[C@@H](Cc1nc2ccccc2s1)C1c2ccccc2-c2ccccc21. The second-order valence-corrected chi connectivity index (χ2v) is 8.18. The van der Waals surface area contributed by atoms with Gasteiger partial charge in [-0.25, -0.2) is 4.98 Å². The van der Waals surface area contributed by atoms with Crippen molar-refractivity contribution in [2.75, 3.05) is 7.11 Å². The van der Waals surface area contributed by atoms with Gasteiger partial charge in [0.2, 0.25) is 0 Å². The number of ether oxygens (including phenoxy) is 1. The van der Waals surface area contributed by atoms with E-state index in [1.165, 1.54) is 29.4 Å². The summed E-state index contributed by atoms with van der Waals surface area (Å²) >= 11 is 1.66. The highest BCUT2D eigenvalue weighted by Gasteiger charge is 2.39. The zero-order chi connectivity index (χ0) is 19.1. The minimum absolute atomic E-state index is 0.0214. The summed E-state index contributed by atoms with van der Waals surface area (Å²) in [6.07, 6.45) is 0.569. The lowest BCUT2D eigenvalue weighted by atomic mass is 9.82. The third kappa shape index (κ3) is 2.72. The van der Waals surface area contributed by atoms with Crippen molar-refractivity contribution in [1.29, 1.82) is 0 Å². The second-order valence-electron chi connectivity index (χ2n) is 7.06. The Morgan fingerprint density at radius 2 is 1.57 bits per heavy atom. The fourth-order valence-electron chi connectivity index (χ4n) is 4.31.